The second-order valence-corrected chi connectivity index (χ2v) is 7.14. The zero-order valence-corrected chi connectivity index (χ0v) is 18.4. The van der Waals surface area contributed by atoms with Gasteiger partial charge in [-0.25, -0.2) is 4.99 Å². The molecule has 1 heterocycles. The number of non-ortho nitro benzene ring substituents is 1. The molecule has 0 saturated carbocycles. The quantitative estimate of drug-likeness (QED) is 0.262. The normalized spacial score (nSPS) is 15.8. The van der Waals surface area contributed by atoms with Crippen LogP contribution in [0.2, 0.25) is 0 Å². The average molecular weight is 444 g/mol. The second kappa shape index (κ2) is 11.2. The van der Waals surface area contributed by atoms with E-state index in [9.17, 15) is 10.1 Å². The molecule has 10 heteroatoms. The molecule has 0 aromatic heterocycles. The Morgan fingerprint density at radius 2 is 1.84 bits per heavy atom. The molecule has 2 aromatic carbocycles. The fourth-order valence-corrected chi connectivity index (χ4v) is 3.34. The maximum Gasteiger partial charge on any atom is 0.269 e. The summed E-state index contributed by atoms with van der Waals surface area (Å²) in [6, 6.07) is 9.90. The Balaban J connectivity index is 1.80. The Morgan fingerprint density at radius 3 is 2.38 bits per heavy atom. The topological polar surface area (TPSA) is 116 Å². The number of aliphatic imine (C=N–C) groups is 1. The number of rotatable bonds is 9. The standard InChI is InChI=1S/C22H28N4O6/c1-29-19-11-16(12-20(30-2)21(19)31-3)25-22(24-14-18-5-4-10-32-18)23-13-15-6-8-17(9-7-15)26(27)28/h6-9,11-12,18H,4-5,10,13-14H2,1-3H3,(H2,23,24,25). The van der Waals surface area contributed by atoms with Crippen LogP contribution in [0, 0.1) is 10.1 Å². The third kappa shape index (κ3) is 6.01. The molecule has 1 saturated heterocycles. The fourth-order valence-electron chi connectivity index (χ4n) is 3.34. The first-order valence-corrected chi connectivity index (χ1v) is 10.2. The van der Waals surface area contributed by atoms with Crippen molar-refractivity contribution in [2.24, 2.45) is 4.99 Å². The van der Waals surface area contributed by atoms with E-state index in [0.29, 0.717) is 42.0 Å². The maximum absolute atomic E-state index is 10.9. The first-order chi connectivity index (χ1) is 15.5. The number of benzene rings is 2. The van der Waals surface area contributed by atoms with E-state index >= 15 is 0 Å². The Bertz CT molecular complexity index is 917. The Morgan fingerprint density at radius 1 is 1.16 bits per heavy atom. The molecular weight excluding hydrogens is 416 g/mol. The molecule has 0 radical (unpaired) electrons. The third-order valence-electron chi connectivity index (χ3n) is 5.02. The van der Waals surface area contributed by atoms with Crippen molar-refractivity contribution in [3.63, 3.8) is 0 Å². The van der Waals surface area contributed by atoms with E-state index < -0.39 is 4.92 Å². The highest BCUT2D eigenvalue weighted by Gasteiger charge is 2.17. The second-order valence-electron chi connectivity index (χ2n) is 7.14. The third-order valence-corrected chi connectivity index (χ3v) is 5.02. The summed E-state index contributed by atoms with van der Waals surface area (Å²) in [6.45, 7) is 1.71. The van der Waals surface area contributed by atoms with Gasteiger partial charge in [-0.3, -0.25) is 10.1 Å². The molecule has 3 rings (SSSR count). The van der Waals surface area contributed by atoms with Gasteiger partial charge in [-0.1, -0.05) is 12.1 Å². The van der Waals surface area contributed by atoms with Gasteiger partial charge in [-0.2, -0.15) is 0 Å². The van der Waals surface area contributed by atoms with Crippen molar-refractivity contribution < 1.29 is 23.9 Å². The van der Waals surface area contributed by atoms with Gasteiger partial charge in [-0.05, 0) is 18.4 Å². The van der Waals surface area contributed by atoms with Crippen molar-refractivity contribution in [1.29, 1.82) is 0 Å². The predicted molar refractivity (Wildman–Crippen MR) is 121 cm³/mol. The molecule has 1 atom stereocenters. The number of hydrogen-bond donors (Lipinski definition) is 2. The first-order valence-electron chi connectivity index (χ1n) is 10.2. The van der Waals surface area contributed by atoms with Crippen LogP contribution in [-0.2, 0) is 11.3 Å². The summed E-state index contributed by atoms with van der Waals surface area (Å²) in [5, 5.41) is 17.4. The van der Waals surface area contributed by atoms with Gasteiger partial charge in [0.15, 0.2) is 17.5 Å². The lowest BCUT2D eigenvalue weighted by Gasteiger charge is -2.18. The summed E-state index contributed by atoms with van der Waals surface area (Å²) in [5.74, 6) is 2.07. The molecule has 2 aromatic rings. The van der Waals surface area contributed by atoms with Gasteiger partial charge in [0.1, 0.15) is 0 Å². The zero-order valence-electron chi connectivity index (χ0n) is 18.4. The summed E-state index contributed by atoms with van der Waals surface area (Å²) in [7, 11) is 4.66. The predicted octanol–water partition coefficient (Wildman–Crippen LogP) is 3.36. The van der Waals surface area contributed by atoms with Crippen molar-refractivity contribution in [2.45, 2.75) is 25.5 Å². The summed E-state index contributed by atoms with van der Waals surface area (Å²) in [4.78, 5) is 15.1. The van der Waals surface area contributed by atoms with Crippen molar-refractivity contribution >= 4 is 17.3 Å². The molecule has 0 bridgehead atoms. The Hall–Kier alpha value is -3.53. The summed E-state index contributed by atoms with van der Waals surface area (Å²) in [6.07, 6.45) is 2.16. The summed E-state index contributed by atoms with van der Waals surface area (Å²) < 4.78 is 21.9. The van der Waals surface area contributed by atoms with Gasteiger partial charge >= 0.3 is 0 Å². The van der Waals surface area contributed by atoms with Crippen molar-refractivity contribution in [3.05, 3.63) is 52.1 Å². The Labute approximate surface area is 186 Å². The number of nitrogens with one attached hydrogen (secondary N) is 2. The highest BCUT2D eigenvalue weighted by Crippen LogP contribution is 2.39. The van der Waals surface area contributed by atoms with E-state index in [4.69, 9.17) is 18.9 Å². The van der Waals surface area contributed by atoms with Crippen LogP contribution in [0.4, 0.5) is 11.4 Å². The average Bonchev–Trinajstić information content (AvgIpc) is 3.34. The zero-order chi connectivity index (χ0) is 22.9. The van der Waals surface area contributed by atoms with E-state index in [-0.39, 0.29) is 11.8 Å². The van der Waals surface area contributed by atoms with E-state index in [1.165, 1.54) is 12.1 Å². The van der Waals surface area contributed by atoms with Crippen LogP contribution in [-0.4, -0.2) is 51.5 Å². The molecule has 0 aliphatic carbocycles. The molecule has 2 N–H and O–H groups in total. The molecule has 0 spiro atoms. The lowest BCUT2D eigenvalue weighted by Crippen LogP contribution is -2.36. The number of methoxy groups -OCH3 is 3. The fraction of sp³-hybridized carbons (Fsp3) is 0.409. The van der Waals surface area contributed by atoms with E-state index in [0.717, 1.165) is 25.0 Å². The molecule has 172 valence electrons. The van der Waals surface area contributed by atoms with Crippen molar-refractivity contribution in [3.8, 4) is 17.2 Å². The molecule has 1 fully saturated rings. The van der Waals surface area contributed by atoms with Gasteiger partial charge in [0, 0.05) is 43.1 Å². The molecule has 1 aliphatic rings. The van der Waals surface area contributed by atoms with Gasteiger partial charge in [0.05, 0.1) is 38.9 Å². The lowest BCUT2D eigenvalue weighted by molar-refractivity contribution is -0.384. The minimum atomic E-state index is -0.423. The first kappa shape index (κ1) is 23.1. The molecule has 10 nitrogen and oxygen atoms in total. The largest absolute Gasteiger partial charge is 0.493 e. The number of nitro benzene ring substituents is 1. The molecule has 1 unspecified atom stereocenters. The van der Waals surface area contributed by atoms with Crippen LogP contribution in [0.25, 0.3) is 0 Å². The van der Waals surface area contributed by atoms with Crippen LogP contribution < -0.4 is 24.8 Å². The smallest absolute Gasteiger partial charge is 0.269 e. The van der Waals surface area contributed by atoms with Crippen molar-refractivity contribution in [1.82, 2.24) is 5.32 Å². The highest BCUT2D eigenvalue weighted by molar-refractivity contribution is 5.94. The SMILES string of the molecule is COc1cc(NC(=NCc2ccc([N+](=O)[O-])cc2)NCC2CCCO2)cc(OC)c1OC. The van der Waals surface area contributed by atoms with Crippen molar-refractivity contribution in [2.75, 3.05) is 39.8 Å². The minimum absolute atomic E-state index is 0.0463. The monoisotopic (exact) mass is 444 g/mol. The van der Waals surface area contributed by atoms with Crippen LogP contribution in [0.3, 0.4) is 0 Å². The maximum atomic E-state index is 10.9. The van der Waals surface area contributed by atoms with Crippen LogP contribution in [0.15, 0.2) is 41.4 Å². The number of guanidine groups is 1. The van der Waals surface area contributed by atoms with E-state index in [2.05, 4.69) is 15.6 Å². The minimum Gasteiger partial charge on any atom is -0.493 e. The van der Waals surface area contributed by atoms with E-state index in [1.54, 1.807) is 45.6 Å². The number of nitrogens with zero attached hydrogens (tertiary/aromatic N) is 2. The number of hydrogen-bond acceptors (Lipinski definition) is 7. The van der Waals surface area contributed by atoms with Gasteiger partial charge in [0.25, 0.3) is 5.69 Å². The molecule has 32 heavy (non-hydrogen) atoms. The molecule has 1 aliphatic heterocycles. The highest BCUT2D eigenvalue weighted by atomic mass is 16.6. The molecule has 0 amide bonds. The Kier molecular flexibility index (Phi) is 8.09. The van der Waals surface area contributed by atoms with E-state index in [1.807, 2.05) is 0 Å². The van der Waals surface area contributed by atoms with Gasteiger partial charge < -0.3 is 29.6 Å². The van der Waals surface area contributed by atoms with Crippen LogP contribution >= 0.6 is 0 Å². The summed E-state index contributed by atoms with van der Waals surface area (Å²) in [5.41, 5.74) is 1.59. The van der Waals surface area contributed by atoms with Gasteiger partial charge in [-0.15, -0.1) is 0 Å². The number of nitro groups is 1. The van der Waals surface area contributed by atoms with Crippen LogP contribution in [0.1, 0.15) is 18.4 Å². The lowest BCUT2D eigenvalue weighted by atomic mass is 10.2. The molecular formula is C22H28N4O6. The van der Waals surface area contributed by atoms with Gasteiger partial charge in [0.2, 0.25) is 5.75 Å². The number of ether oxygens (including phenoxy) is 4. The number of anilines is 1. The van der Waals surface area contributed by atoms with Crippen LogP contribution in [0.5, 0.6) is 17.2 Å². The summed E-state index contributed by atoms with van der Waals surface area (Å²) >= 11 is 0.